The molecule has 1 saturated heterocycles. The molecule has 1 fully saturated rings. The van der Waals surface area contributed by atoms with Gasteiger partial charge in [-0.15, -0.1) is 0 Å². The predicted octanol–water partition coefficient (Wildman–Crippen LogP) is 3.18. The third kappa shape index (κ3) is 3.06. The van der Waals surface area contributed by atoms with Crippen LogP contribution in [-0.4, -0.2) is 19.3 Å². The minimum atomic E-state index is -0.683. The van der Waals surface area contributed by atoms with Crippen LogP contribution in [0, 0.1) is 19.8 Å². The SMILES string of the molecule is Cc1cccc(C)c1CC(F)C1CCNCC1. The first-order valence-corrected chi connectivity index (χ1v) is 6.58. The summed E-state index contributed by atoms with van der Waals surface area (Å²) in [6.07, 6.45) is 1.86. The lowest BCUT2D eigenvalue weighted by molar-refractivity contribution is 0.187. The molecule has 0 bridgehead atoms. The second-order valence-corrected chi connectivity index (χ2v) is 5.18. The van der Waals surface area contributed by atoms with E-state index in [9.17, 15) is 4.39 Å². The van der Waals surface area contributed by atoms with E-state index in [1.165, 1.54) is 16.7 Å². The smallest absolute Gasteiger partial charge is 0.107 e. The van der Waals surface area contributed by atoms with Crippen molar-refractivity contribution in [1.82, 2.24) is 5.32 Å². The zero-order valence-corrected chi connectivity index (χ0v) is 10.8. The number of hydrogen-bond acceptors (Lipinski definition) is 1. The zero-order valence-electron chi connectivity index (χ0n) is 10.8. The van der Waals surface area contributed by atoms with Crippen LogP contribution in [0.15, 0.2) is 18.2 Å². The molecule has 1 aliphatic heterocycles. The highest BCUT2D eigenvalue weighted by atomic mass is 19.1. The van der Waals surface area contributed by atoms with Crippen molar-refractivity contribution in [2.45, 2.75) is 39.3 Å². The van der Waals surface area contributed by atoms with Crippen molar-refractivity contribution in [3.05, 3.63) is 34.9 Å². The van der Waals surface area contributed by atoms with Crippen LogP contribution >= 0.6 is 0 Å². The summed E-state index contributed by atoms with van der Waals surface area (Å²) >= 11 is 0. The van der Waals surface area contributed by atoms with E-state index in [4.69, 9.17) is 0 Å². The van der Waals surface area contributed by atoms with Crippen molar-refractivity contribution < 1.29 is 4.39 Å². The number of alkyl halides is 1. The number of aryl methyl sites for hydroxylation is 2. The van der Waals surface area contributed by atoms with Gasteiger partial charge in [0.15, 0.2) is 0 Å². The third-order valence-corrected chi connectivity index (χ3v) is 3.94. The monoisotopic (exact) mass is 235 g/mol. The van der Waals surface area contributed by atoms with E-state index in [-0.39, 0.29) is 5.92 Å². The van der Waals surface area contributed by atoms with E-state index >= 15 is 0 Å². The highest BCUT2D eigenvalue weighted by Gasteiger charge is 2.24. The molecule has 0 spiro atoms. The molecule has 2 rings (SSSR count). The van der Waals surface area contributed by atoms with Gasteiger partial charge in [-0.25, -0.2) is 4.39 Å². The maximum absolute atomic E-state index is 14.3. The van der Waals surface area contributed by atoms with Gasteiger partial charge in [0.05, 0.1) is 0 Å². The highest BCUT2D eigenvalue weighted by Crippen LogP contribution is 2.25. The molecular formula is C15H22FN. The first-order valence-electron chi connectivity index (χ1n) is 6.58. The van der Waals surface area contributed by atoms with Crippen LogP contribution < -0.4 is 5.32 Å². The van der Waals surface area contributed by atoms with Crippen molar-refractivity contribution in [2.75, 3.05) is 13.1 Å². The van der Waals surface area contributed by atoms with E-state index < -0.39 is 6.17 Å². The van der Waals surface area contributed by atoms with E-state index in [0.717, 1.165) is 25.9 Å². The summed E-state index contributed by atoms with van der Waals surface area (Å²) in [7, 11) is 0. The first kappa shape index (κ1) is 12.6. The molecule has 1 nitrogen and oxygen atoms in total. The first-order chi connectivity index (χ1) is 8.18. The van der Waals surface area contributed by atoms with Gasteiger partial charge in [0.2, 0.25) is 0 Å². The molecule has 17 heavy (non-hydrogen) atoms. The van der Waals surface area contributed by atoms with E-state index in [2.05, 4.69) is 31.3 Å². The average Bonchev–Trinajstić information content (AvgIpc) is 2.35. The van der Waals surface area contributed by atoms with Gasteiger partial charge in [-0.1, -0.05) is 18.2 Å². The lowest BCUT2D eigenvalue weighted by Gasteiger charge is -2.26. The van der Waals surface area contributed by atoms with Gasteiger partial charge < -0.3 is 5.32 Å². The lowest BCUT2D eigenvalue weighted by atomic mass is 9.87. The Labute approximate surface area is 103 Å². The molecule has 0 radical (unpaired) electrons. The van der Waals surface area contributed by atoms with Crippen molar-refractivity contribution in [3.63, 3.8) is 0 Å². The Hall–Kier alpha value is -0.890. The molecule has 0 saturated carbocycles. The Kier molecular flexibility index (Phi) is 4.16. The van der Waals surface area contributed by atoms with Crippen LogP contribution in [0.25, 0.3) is 0 Å². The van der Waals surface area contributed by atoms with Crippen molar-refractivity contribution in [1.29, 1.82) is 0 Å². The minimum absolute atomic E-state index is 0.246. The predicted molar refractivity (Wildman–Crippen MR) is 70.1 cm³/mol. The Morgan fingerprint density at radius 2 is 1.82 bits per heavy atom. The lowest BCUT2D eigenvalue weighted by Crippen LogP contribution is -2.33. The molecule has 1 heterocycles. The fourth-order valence-electron chi connectivity index (χ4n) is 2.74. The van der Waals surface area contributed by atoms with Crippen LogP contribution in [0.3, 0.4) is 0 Å². The Morgan fingerprint density at radius 3 is 2.41 bits per heavy atom. The molecule has 1 aromatic carbocycles. The fourth-order valence-corrected chi connectivity index (χ4v) is 2.74. The number of hydrogen-bond donors (Lipinski definition) is 1. The van der Waals surface area contributed by atoms with Gasteiger partial charge in [-0.05, 0) is 62.4 Å². The summed E-state index contributed by atoms with van der Waals surface area (Å²) in [4.78, 5) is 0. The molecule has 1 atom stereocenters. The maximum Gasteiger partial charge on any atom is 0.107 e. The van der Waals surface area contributed by atoms with Gasteiger partial charge >= 0.3 is 0 Å². The van der Waals surface area contributed by atoms with Crippen LogP contribution in [0.4, 0.5) is 4.39 Å². The summed E-state index contributed by atoms with van der Waals surface area (Å²) in [5.74, 6) is 0.246. The molecule has 1 N–H and O–H groups in total. The van der Waals surface area contributed by atoms with Gasteiger partial charge in [0.25, 0.3) is 0 Å². The molecule has 0 aromatic heterocycles. The Morgan fingerprint density at radius 1 is 1.24 bits per heavy atom. The Balaban J connectivity index is 2.04. The fraction of sp³-hybridized carbons (Fsp3) is 0.600. The van der Waals surface area contributed by atoms with Gasteiger partial charge in [0.1, 0.15) is 6.17 Å². The second-order valence-electron chi connectivity index (χ2n) is 5.18. The van der Waals surface area contributed by atoms with Gasteiger partial charge in [-0.2, -0.15) is 0 Å². The van der Waals surface area contributed by atoms with Crippen molar-refractivity contribution >= 4 is 0 Å². The van der Waals surface area contributed by atoms with Gasteiger partial charge in [-0.3, -0.25) is 0 Å². The zero-order chi connectivity index (χ0) is 12.3. The largest absolute Gasteiger partial charge is 0.317 e. The summed E-state index contributed by atoms with van der Waals surface area (Å²) in [5.41, 5.74) is 3.65. The Bertz CT molecular complexity index is 349. The summed E-state index contributed by atoms with van der Waals surface area (Å²) in [6.45, 7) is 6.10. The normalized spacial score (nSPS) is 19.2. The third-order valence-electron chi connectivity index (χ3n) is 3.94. The van der Waals surface area contributed by atoms with Crippen LogP contribution in [0.2, 0.25) is 0 Å². The summed E-state index contributed by atoms with van der Waals surface area (Å²) in [6, 6.07) is 6.21. The number of benzene rings is 1. The van der Waals surface area contributed by atoms with Crippen molar-refractivity contribution in [3.8, 4) is 0 Å². The van der Waals surface area contributed by atoms with Crippen LogP contribution in [0.1, 0.15) is 29.5 Å². The van der Waals surface area contributed by atoms with E-state index in [0.29, 0.717) is 6.42 Å². The summed E-state index contributed by atoms with van der Waals surface area (Å²) < 4.78 is 14.3. The van der Waals surface area contributed by atoms with Crippen LogP contribution in [0.5, 0.6) is 0 Å². The molecule has 1 unspecified atom stereocenters. The molecule has 1 aliphatic rings. The maximum atomic E-state index is 14.3. The molecule has 94 valence electrons. The van der Waals surface area contributed by atoms with Crippen molar-refractivity contribution in [2.24, 2.45) is 5.92 Å². The molecule has 0 amide bonds. The van der Waals surface area contributed by atoms with Crippen LogP contribution in [-0.2, 0) is 6.42 Å². The number of rotatable bonds is 3. The quantitative estimate of drug-likeness (QED) is 0.848. The second kappa shape index (κ2) is 5.63. The topological polar surface area (TPSA) is 12.0 Å². The standard InChI is InChI=1S/C15H22FN/c1-11-4-3-5-12(2)14(11)10-15(16)13-6-8-17-9-7-13/h3-5,13,15,17H,6-10H2,1-2H3. The molecule has 0 aliphatic carbocycles. The minimum Gasteiger partial charge on any atom is -0.317 e. The molecular weight excluding hydrogens is 213 g/mol. The van der Waals surface area contributed by atoms with E-state index in [1.807, 2.05) is 6.07 Å². The number of piperidine rings is 1. The summed E-state index contributed by atoms with van der Waals surface area (Å²) in [5, 5.41) is 3.29. The van der Waals surface area contributed by atoms with Gasteiger partial charge in [0, 0.05) is 6.42 Å². The molecule has 1 aromatic rings. The van der Waals surface area contributed by atoms with E-state index in [1.54, 1.807) is 0 Å². The highest BCUT2D eigenvalue weighted by molar-refractivity contribution is 5.34. The number of halogens is 1. The molecule has 2 heteroatoms. The number of nitrogens with one attached hydrogen (secondary N) is 1. The average molecular weight is 235 g/mol.